The van der Waals surface area contributed by atoms with E-state index in [1.807, 2.05) is 0 Å². The van der Waals surface area contributed by atoms with E-state index < -0.39 is 5.82 Å². The number of hydrogen-bond donors (Lipinski definition) is 1. The van der Waals surface area contributed by atoms with Crippen molar-refractivity contribution in [1.29, 1.82) is 0 Å². The SMILES string of the molecule is CC(C)NCc1nnc(-c2cccc(F)c2Cl)s1. The van der Waals surface area contributed by atoms with Gasteiger partial charge >= 0.3 is 0 Å². The molecule has 2 aromatic rings. The molecule has 0 radical (unpaired) electrons. The van der Waals surface area contributed by atoms with Gasteiger partial charge in [-0.2, -0.15) is 0 Å². The van der Waals surface area contributed by atoms with Crippen molar-refractivity contribution in [3.05, 3.63) is 34.0 Å². The summed E-state index contributed by atoms with van der Waals surface area (Å²) >= 11 is 7.33. The number of nitrogens with zero attached hydrogens (tertiary/aromatic N) is 2. The zero-order chi connectivity index (χ0) is 13.1. The predicted molar refractivity (Wildman–Crippen MR) is 72.3 cm³/mol. The summed E-state index contributed by atoms with van der Waals surface area (Å²) in [5.74, 6) is -0.439. The van der Waals surface area contributed by atoms with Crippen LogP contribution in [-0.2, 0) is 6.54 Å². The summed E-state index contributed by atoms with van der Waals surface area (Å²) in [4.78, 5) is 0. The first-order chi connectivity index (χ1) is 8.58. The fraction of sp³-hybridized carbons (Fsp3) is 0.333. The molecule has 1 aromatic carbocycles. The van der Waals surface area contributed by atoms with Crippen molar-refractivity contribution in [3.63, 3.8) is 0 Å². The van der Waals surface area contributed by atoms with Gasteiger partial charge in [0.05, 0.1) is 5.02 Å². The van der Waals surface area contributed by atoms with Gasteiger partial charge in [-0.05, 0) is 6.07 Å². The third-order valence-corrected chi connectivity index (χ3v) is 3.65. The van der Waals surface area contributed by atoms with Gasteiger partial charge in [-0.15, -0.1) is 10.2 Å². The second kappa shape index (κ2) is 5.73. The summed E-state index contributed by atoms with van der Waals surface area (Å²) in [6.07, 6.45) is 0. The van der Waals surface area contributed by atoms with E-state index in [-0.39, 0.29) is 5.02 Å². The first kappa shape index (κ1) is 13.4. The van der Waals surface area contributed by atoms with Crippen LogP contribution in [0.3, 0.4) is 0 Å². The molecule has 0 fully saturated rings. The first-order valence-electron chi connectivity index (χ1n) is 5.58. The summed E-state index contributed by atoms with van der Waals surface area (Å²) in [5, 5.41) is 13.0. The van der Waals surface area contributed by atoms with E-state index in [0.717, 1.165) is 5.01 Å². The lowest BCUT2D eigenvalue weighted by Gasteiger charge is -2.03. The molecule has 2 rings (SSSR count). The van der Waals surface area contributed by atoms with Gasteiger partial charge in [-0.25, -0.2) is 4.39 Å². The molecule has 3 nitrogen and oxygen atoms in total. The molecule has 6 heteroatoms. The Morgan fingerprint density at radius 1 is 1.39 bits per heavy atom. The topological polar surface area (TPSA) is 37.8 Å². The van der Waals surface area contributed by atoms with Crippen LogP contribution in [0, 0.1) is 5.82 Å². The number of hydrogen-bond acceptors (Lipinski definition) is 4. The van der Waals surface area contributed by atoms with Gasteiger partial charge in [0, 0.05) is 18.2 Å². The lowest BCUT2D eigenvalue weighted by atomic mass is 10.2. The van der Waals surface area contributed by atoms with E-state index >= 15 is 0 Å². The maximum Gasteiger partial charge on any atom is 0.149 e. The minimum Gasteiger partial charge on any atom is -0.308 e. The monoisotopic (exact) mass is 285 g/mol. The van der Waals surface area contributed by atoms with Gasteiger partial charge in [-0.3, -0.25) is 0 Å². The Bertz CT molecular complexity index is 542. The maximum absolute atomic E-state index is 13.3. The molecule has 18 heavy (non-hydrogen) atoms. The Hall–Kier alpha value is -1.04. The van der Waals surface area contributed by atoms with Crippen LogP contribution < -0.4 is 5.32 Å². The maximum atomic E-state index is 13.3. The second-order valence-corrected chi connectivity index (χ2v) is 5.58. The molecule has 0 spiro atoms. The minimum atomic E-state index is -0.439. The lowest BCUT2D eigenvalue weighted by molar-refractivity contribution is 0.585. The van der Waals surface area contributed by atoms with E-state index in [9.17, 15) is 4.39 Å². The number of nitrogens with one attached hydrogen (secondary N) is 1. The van der Waals surface area contributed by atoms with Crippen LogP contribution in [0.2, 0.25) is 5.02 Å². The van der Waals surface area contributed by atoms with Crippen molar-refractivity contribution in [3.8, 4) is 10.6 Å². The third-order valence-electron chi connectivity index (χ3n) is 2.31. The van der Waals surface area contributed by atoms with Crippen LogP contribution in [0.4, 0.5) is 4.39 Å². The van der Waals surface area contributed by atoms with Crippen molar-refractivity contribution in [2.45, 2.75) is 26.4 Å². The molecule has 0 amide bonds. The summed E-state index contributed by atoms with van der Waals surface area (Å²) < 4.78 is 13.3. The normalized spacial score (nSPS) is 11.2. The fourth-order valence-electron chi connectivity index (χ4n) is 1.39. The molecule has 1 heterocycles. The second-order valence-electron chi connectivity index (χ2n) is 4.14. The molecule has 0 saturated heterocycles. The summed E-state index contributed by atoms with van der Waals surface area (Å²) in [6.45, 7) is 4.78. The molecule has 0 aliphatic rings. The highest BCUT2D eigenvalue weighted by atomic mass is 35.5. The predicted octanol–water partition coefficient (Wildman–Crippen LogP) is 3.50. The van der Waals surface area contributed by atoms with E-state index in [1.54, 1.807) is 12.1 Å². The van der Waals surface area contributed by atoms with E-state index in [1.165, 1.54) is 17.4 Å². The number of benzene rings is 1. The zero-order valence-corrected chi connectivity index (χ0v) is 11.6. The standard InChI is InChI=1S/C12H13ClFN3S/c1-7(2)15-6-10-16-17-12(18-10)8-4-3-5-9(14)11(8)13/h3-5,7,15H,6H2,1-2H3. The molecule has 0 saturated carbocycles. The molecule has 96 valence electrons. The van der Waals surface area contributed by atoms with Gasteiger partial charge in [-0.1, -0.05) is 48.9 Å². The van der Waals surface area contributed by atoms with Crippen LogP contribution in [-0.4, -0.2) is 16.2 Å². The molecular weight excluding hydrogens is 273 g/mol. The number of aromatic nitrogens is 2. The highest BCUT2D eigenvalue weighted by molar-refractivity contribution is 7.14. The molecule has 0 aliphatic heterocycles. The van der Waals surface area contributed by atoms with E-state index in [4.69, 9.17) is 11.6 Å². The first-order valence-corrected chi connectivity index (χ1v) is 6.77. The average Bonchev–Trinajstić information content (AvgIpc) is 2.78. The Kier molecular flexibility index (Phi) is 4.27. The lowest BCUT2D eigenvalue weighted by Crippen LogP contribution is -2.21. The van der Waals surface area contributed by atoms with Crippen LogP contribution in [0.15, 0.2) is 18.2 Å². The van der Waals surface area contributed by atoms with Gasteiger partial charge in [0.25, 0.3) is 0 Å². The van der Waals surface area contributed by atoms with E-state index in [0.29, 0.717) is 23.2 Å². The van der Waals surface area contributed by atoms with Gasteiger partial charge in [0.2, 0.25) is 0 Å². The zero-order valence-electron chi connectivity index (χ0n) is 10.1. The van der Waals surface area contributed by atoms with Crippen molar-refractivity contribution in [2.75, 3.05) is 0 Å². The van der Waals surface area contributed by atoms with Crippen LogP contribution in [0.25, 0.3) is 10.6 Å². The highest BCUT2D eigenvalue weighted by Gasteiger charge is 2.12. The largest absolute Gasteiger partial charge is 0.308 e. The molecule has 0 unspecified atom stereocenters. The Morgan fingerprint density at radius 2 is 2.17 bits per heavy atom. The Balaban J connectivity index is 2.21. The minimum absolute atomic E-state index is 0.0945. The number of rotatable bonds is 4. The summed E-state index contributed by atoms with van der Waals surface area (Å²) in [6, 6.07) is 5.07. The Labute approximate surface area is 114 Å². The molecule has 0 atom stereocenters. The van der Waals surface area contributed by atoms with Crippen LogP contribution in [0.5, 0.6) is 0 Å². The van der Waals surface area contributed by atoms with Crippen molar-refractivity contribution in [2.24, 2.45) is 0 Å². The van der Waals surface area contributed by atoms with Crippen molar-refractivity contribution in [1.82, 2.24) is 15.5 Å². The molecule has 0 aliphatic carbocycles. The van der Waals surface area contributed by atoms with Gasteiger partial charge in [0.1, 0.15) is 15.8 Å². The van der Waals surface area contributed by atoms with Crippen molar-refractivity contribution >= 4 is 22.9 Å². The van der Waals surface area contributed by atoms with E-state index in [2.05, 4.69) is 29.4 Å². The third kappa shape index (κ3) is 3.04. The molecular formula is C12H13ClFN3S. The Morgan fingerprint density at radius 3 is 2.89 bits per heavy atom. The van der Waals surface area contributed by atoms with Crippen molar-refractivity contribution < 1.29 is 4.39 Å². The van der Waals surface area contributed by atoms with Gasteiger partial charge < -0.3 is 5.32 Å². The average molecular weight is 286 g/mol. The summed E-state index contributed by atoms with van der Waals surface area (Å²) in [7, 11) is 0. The number of halogens is 2. The highest BCUT2D eigenvalue weighted by Crippen LogP contribution is 2.31. The van der Waals surface area contributed by atoms with Crippen LogP contribution >= 0.6 is 22.9 Å². The van der Waals surface area contributed by atoms with Crippen LogP contribution in [0.1, 0.15) is 18.9 Å². The summed E-state index contributed by atoms with van der Waals surface area (Å²) in [5.41, 5.74) is 0.588. The molecule has 0 bridgehead atoms. The quantitative estimate of drug-likeness (QED) is 0.934. The molecule has 1 N–H and O–H groups in total. The smallest absolute Gasteiger partial charge is 0.149 e. The fourth-order valence-corrected chi connectivity index (χ4v) is 2.49. The molecule has 1 aromatic heterocycles. The van der Waals surface area contributed by atoms with Gasteiger partial charge in [0.15, 0.2) is 0 Å².